The molecule has 114 valence electrons. The summed E-state index contributed by atoms with van der Waals surface area (Å²) < 4.78 is 57.0. The number of ether oxygens (including phenoxy) is 2. The Kier molecular flexibility index (Phi) is 7.42. The molecular formula is C12H15F4NO3. The number of carbonyl (C=O) groups excluding carboxylic acids is 1. The second-order valence-electron chi connectivity index (χ2n) is 3.03. The summed E-state index contributed by atoms with van der Waals surface area (Å²) in [7, 11) is 0. The molecule has 0 atom stereocenters. The number of amides is 1. The first-order chi connectivity index (χ1) is 9.31. The summed E-state index contributed by atoms with van der Waals surface area (Å²) in [6.45, 7) is 5.57. The monoisotopic (exact) mass is 297 g/mol. The molecule has 1 rings (SSSR count). The highest BCUT2D eigenvalue weighted by Gasteiger charge is 2.31. The van der Waals surface area contributed by atoms with Crippen LogP contribution in [0.1, 0.15) is 20.8 Å². The van der Waals surface area contributed by atoms with Crippen molar-refractivity contribution in [1.29, 1.82) is 0 Å². The molecule has 0 aromatic heterocycles. The minimum Gasteiger partial charge on any atom is -0.450 e. The molecule has 1 N–H and O–H groups in total. The molecule has 0 spiro atoms. The zero-order valence-corrected chi connectivity index (χ0v) is 11.2. The lowest BCUT2D eigenvalue weighted by molar-refractivity contribution is -0.274. The van der Waals surface area contributed by atoms with Crippen LogP contribution in [0.2, 0.25) is 0 Å². The Morgan fingerprint density at radius 3 is 2.40 bits per heavy atom. The average Bonchev–Trinajstić information content (AvgIpc) is 2.34. The summed E-state index contributed by atoms with van der Waals surface area (Å²) in [4.78, 5) is 11.0. The van der Waals surface area contributed by atoms with E-state index in [1.54, 1.807) is 0 Å². The molecule has 1 aromatic carbocycles. The third-order valence-electron chi connectivity index (χ3n) is 1.68. The van der Waals surface area contributed by atoms with Crippen LogP contribution in [0.4, 0.5) is 28.0 Å². The Balaban J connectivity index is 0.00000172. The SMILES string of the molecule is CC.CCOC(=O)Nc1cc(OC(F)(F)F)ccc1F. The van der Waals surface area contributed by atoms with E-state index in [1.165, 1.54) is 6.92 Å². The number of rotatable bonds is 3. The summed E-state index contributed by atoms with van der Waals surface area (Å²) in [5.41, 5.74) is -0.463. The van der Waals surface area contributed by atoms with Gasteiger partial charge in [0.05, 0.1) is 12.3 Å². The number of carbonyl (C=O) groups is 1. The molecule has 0 bridgehead atoms. The molecule has 0 unspecified atom stereocenters. The molecule has 1 aromatic rings. The van der Waals surface area contributed by atoms with Crippen molar-refractivity contribution in [3.8, 4) is 5.75 Å². The van der Waals surface area contributed by atoms with Crippen molar-refractivity contribution in [1.82, 2.24) is 0 Å². The molecule has 0 saturated heterocycles. The zero-order chi connectivity index (χ0) is 15.8. The highest BCUT2D eigenvalue weighted by Crippen LogP contribution is 2.27. The second kappa shape index (κ2) is 8.23. The van der Waals surface area contributed by atoms with E-state index in [4.69, 9.17) is 0 Å². The quantitative estimate of drug-likeness (QED) is 0.845. The molecule has 20 heavy (non-hydrogen) atoms. The molecule has 4 nitrogen and oxygen atoms in total. The first kappa shape index (κ1) is 18.0. The lowest BCUT2D eigenvalue weighted by atomic mass is 10.3. The maximum Gasteiger partial charge on any atom is 0.573 e. The van der Waals surface area contributed by atoms with E-state index in [2.05, 4.69) is 9.47 Å². The van der Waals surface area contributed by atoms with Crippen LogP contribution >= 0.6 is 0 Å². The normalized spacial score (nSPS) is 10.2. The van der Waals surface area contributed by atoms with Gasteiger partial charge in [-0.05, 0) is 19.1 Å². The fourth-order valence-electron chi connectivity index (χ4n) is 1.07. The van der Waals surface area contributed by atoms with Crippen LogP contribution in [0, 0.1) is 5.82 Å². The molecular weight excluding hydrogens is 282 g/mol. The van der Waals surface area contributed by atoms with Gasteiger partial charge >= 0.3 is 12.5 Å². The van der Waals surface area contributed by atoms with Gasteiger partial charge in [0, 0.05) is 6.07 Å². The molecule has 0 heterocycles. The van der Waals surface area contributed by atoms with E-state index >= 15 is 0 Å². The third-order valence-corrected chi connectivity index (χ3v) is 1.68. The second-order valence-corrected chi connectivity index (χ2v) is 3.03. The van der Waals surface area contributed by atoms with Crippen molar-refractivity contribution in [2.75, 3.05) is 11.9 Å². The first-order valence-corrected chi connectivity index (χ1v) is 5.81. The van der Waals surface area contributed by atoms with Gasteiger partial charge in [0.1, 0.15) is 11.6 Å². The predicted molar refractivity (Wildman–Crippen MR) is 65.1 cm³/mol. The fourth-order valence-corrected chi connectivity index (χ4v) is 1.07. The molecule has 0 aliphatic rings. The Hall–Kier alpha value is -1.99. The van der Waals surface area contributed by atoms with Crippen LogP contribution in [0.15, 0.2) is 18.2 Å². The van der Waals surface area contributed by atoms with Crippen LogP contribution in [0.3, 0.4) is 0 Å². The van der Waals surface area contributed by atoms with E-state index in [0.29, 0.717) is 6.07 Å². The van der Waals surface area contributed by atoms with Gasteiger partial charge in [0.25, 0.3) is 0 Å². The van der Waals surface area contributed by atoms with Crippen molar-refractivity contribution >= 4 is 11.8 Å². The Morgan fingerprint density at radius 1 is 1.30 bits per heavy atom. The van der Waals surface area contributed by atoms with Crippen LogP contribution in [-0.2, 0) is 4.74 Å². The molecule has 8 heteroatoms. The number of nitrogens with one attached hydrogen (secondary N) is 1. The maximum absolute atomic E-state index is 13.2. The van der Waals surface area contributed by atoms with Gasteiger partial charge in [-0.15, -0.1) is 13.2 Å². The Labute approximate surface area is 113 Å². The highest BCUT2D eigenvalue weighted by atomic mass is 19.4. The smallest absolute Gasteiger partial charge is 0.450 e. The van der Waals surface area contributed by atoms with Gasteiger partial charge in [0.2, 0.25) is 0 Å². The van der Waals surface area contributed by atoms with Gasteiger partial charge in [-0.25, -0.2) is 9.18 Å². The minimum absolute atomic E-state index is 0.0478. The van der Waals surface area contributed by atoms with E-state index in [-0.39, 0.29) is 6.61 Å². The highest BCUT2D eigenvalue weighted by molar-refractivity contribution is 5.85. The lowest BCUT2D eigenvalue weighted by Crippen LogP contribution is -2.18. The predicted octanol–water partition coefficient (Wildman–Crippen LogP) is 4.32. The van der Waals surface area contributed by atoms with Gasteiger partial charge in [0.15, 0.2) is 0 Å². The number of benzene rings is 1. The Bertz CT molecular complexity index is 435. The maximum atomic E-state index is 13.2. The van der Waals surface area contributed by atoms with Crippen molar-refractivity contribution in [3.05, 3.63) is 24.0 Å². The van der Waals surface area contributed by atoms with Gasteiger partial charge in [-0.3, -0.25) is 5.32 Å². The summed E-state index contributed by atoms with van der Waals surface area (Å²) in [6.07, 6.45) is -5.86. The summed E-state index contributed by atoms with van der Waals surface area (Å²) in [6, 6.07) is 2.24. The van der Waals surface area contributed by atoms with Crippen LogP contribution in [0.5, 0.6) is 5.75 Å². The standard InChI is InChI=1S/C10H9F4NO3.C2H6/c1-2-17-9(16)15-8-5-6(3-4-7(8)11)18-10(12,13)14;1-2/h3-5H,2H2,1H3,(H,15,16);1-2H3. The summed E-state index contributed by atoms with van der Waals surface area (Å²) >= 11 is 0. The van der Waals surface area contributed by atoms with Gasteiger partial charge in [-0.2, -0.15) is 0 Å². The van der Waals surface area contributed by atoms with Crippen LogP contribution in [-0.4, -0.2) is 19.1 Å². The molecule has 0 saturated carbocycles. The molecule has 0 aliphatic heterocycles. The van der Waals surface area contributed by atoms with Crippen molar-refractivity contribution in [2.24, 2.45) is 0 Å². The van der Waals surface area contributed by atoms with E-state index in [1.807, 2.05) is 19.2 Å². The van der Waals surface area contributed by atoms with Crippen molar-refractivity contribution < 1.29 is 31.8 Å². The summed E-state index contributed by atoms with van der Waals surface area (Å²) in [5.74, 6) is -1.55. The lowest BCUT2D eigenvalue weighted by Gasteiger charge is -2.11. The average molecular weight is 297 g/mol. The fraction of sp³-hybridized carbons (Fsp3) is 0.417. The molecule has 1 amide bonds. The molecule has 0 aliphatic carbocycles. The van der Waals surface area contributed by atoms with Gasteiger partial charge in [-0.1, -0.05) is 13.8 Å². The number of hydrogen-bond acceptors (Lipinski definition) is 3. The van der Waals surface area contributed by atoms with Crippen LogP contribution < -0.4 is 10.1 Å². The number of anilines is 1. The van der Waals surface area contributed by atoms with E-state index in [9.17, 15) is 22.4 Å². The summed E-state index contributed by atoms with van der Waals surface area (Å²) in [5, 5.41) is 1.95. The first-order valence-electron chi connectivity index (χ1n) is 5.81. The van der Waals surface area contributed by atoms with Crippen molar-refractivity contribution in [3.63, 3.8) is 0 Å². The number of hydrogen-bond donors (Lipinski definition) is 1. The zero-order valence-electron chi connectivity index (χ0n) is 11.2. The van der Waals surface area contributed by atoms with Crippen LogP contribution in [0.25, 0.3) is 0 Å². The number of halogens is 4. The van der Waals surface area contributed by atoms with Gasteiger partial charge < -0.3 is 9.47 Å². The largest absolute Gasteiger partial charge is 0.573 e. The third kappa shape index (κ3) is 6.81. The molecule has 0 radical (unpaired) electrons. The molecule has 0 fully saturated rings. The topological polar surface area (TPSA) is 47.6 Å². The van der Waals surface area contributed by atoms with Crippen molar-refractivity contribution in [2.45, 2.75) is 27.1 Å². The Morgan fingerprint density at radius 2 is 1.90 bits per heavy atom. The minimum atomic E-state index is -4.89. The van der Waals surface area contributed by atoms with E-state index in [0.717, 1.165) is 12.1 Å². The van der Waals surface area contributed by atoms with E-state index < -0.39 is 29.7 Å². The number of alkyl halides is 3.